The Morgan fingerprint density at radius 1 is 1.03 bits per heavy atom. The zero-order chi connectivity index (χ0) is 24.7. The molecular weight excluding hydrogens is 434 g/mol. The lowest BCUT2D eigenvalue weighted by Crippen LogP contribution is -2.48. The minimum Gasteiger partial charge on any atom is -0.481 e. The van der Waals surface area contributed by atoms with Crippen LogP contribution in [0.5, 0.6) is 0 Å². The number of hydrogen-bond acceptors (Lipinski definition) is 5. The summed E-state index contributed by atoms with van der Waals surface area (Å²) in [5.41, 5.74) is 4.36. The molecule has 0 aliphatic heterocycles. The van der Waals surface area contributed by atoms with Crippen molar-refractivity contribution >= 4 is 18.0 Å². The zero-order valence-corrected chi connectivity index (χ0v) is 19.9. The summed E-state index contributed by atoms with van der Waals surface area (Å²) in [4.78, 5) is 38.4. The Balaban J connectivity index is 1.56. The normalized spacial score (nSPS) is 13.3. The number of nitrogens with zero attached hydrogens (tertiary/aromatic N) is 1. The van der Waals surface area contributed by atoms with Crippen LogP contribution in [0.2, 0.25) is 0 Å². The van der Waals surface area contributed by atoms with E-state index in [0.717, 1.165) is 28.8 Å². The molecule has 0 fully saturated rings. The molecule has 0 spiro atoms. The van der Waals surface area contributed by atoms with E-state index < -0.39 is 30.4 Å². The molecule has 0 aromatic heterocycles. The van der Waals surface area contributed by atoms with Crippen LogP contribution in [0.3, 0.4) is 0 Å². The third-order valence-corrected chi connectivity index (χ3v) is 6.20. The maximum Gasteiger partial charge on any atom is 0.407 e. The van der Waals surface area contributed by atoms with Gasteiger partial charge in [-0.2, -0.15) is 0 Å². The van der Waals surface area contributed by atoms with Gasteiger partial charge in [0.25, 0.3) is 0 Å². The first-order valence-corrected chi connectivity index (χ1v) is 11.6. The van der Waals surface area contributed by atoms with Gasteiger partial charge in [-0.1, -0.05) is 48.5 Å². The maximum absolute atomic E-state index is 12.5. The number of hydrogen-bond donors (Lipinski definition) is 3. The summed E-state index contributed by atoms with van der Waals surface area (Å²) in [6, 6.07) is 15.1. The summed E-state index contributed by atoms with van der Waals surface area (Å²) in [6.07, 6.45) is -0.629. The molecule has 0 heterocycles. The van der Waals surface area contributed by atoms with Gasteiger partial charge in [-0.05, 0) is 56.1 Å². The van der Waals surface area contributed by atoms with Gasteiger partial charge in [-0.3, -0.25) is 9.59 Å². The number of carbonyl (C=O) groups excluding carboxylic acids is 2. The number of alkyl carbamates (subject to hydrolysis) is 1. The number of fused-ring (bicyclic) bond motifs is 3. The van der Waals surface area contributed by atoms with Crippen molar-refractivity contribution in [3.05, 3.63) is 59.7 Å². The van der Waals surface area contributed by atoms with E-state index in [1.165, 1.54) is 0 Å². The summed E-state index contributed by atoms with van der Waals surface area (Å²) in [5, 5.41) is 14.3. The van der Waals surface area contributed by atoms with Crippen molar-refractivity contribution in [1.82, 2.24) is 15.5 Å². The van der Waals surface area contributed by atoms with Crippen LogP contribution < -0.4 is 10.6 Å². The molecule has 3 rings (SSSR count). The number of ether oxygens (including phenoxy) is 1. The highest BCUT2D eigenvalue weighted by atomic mass is 16.5. The van der Waals surface area contributed by atoms with Crippen molar-refractivity contribution in [2.45, 2.75) is 44.7 Å². The fraction of sp³-hybridized carbons (Fsp3) is 0.423. The highest BCUT2D eigenvalue weighted by molar-refractivity contribution is 5.89. The third-order valence-electron chi connectivity index (χ3n) is 6.20. The first-order chi connectivity index (χ1) is 16.3. The SMILES string of the molecule is CC(C)N(C)CCCNC(=O)C(CC(=O)O)NC(=O)OCC1c2ccccc2-c2ccccc21. The van der Waals surface area contributed by atoms with E-state index >= 15 is 0 Å². The Kier molecular flexibility index (Phi) is 8.65. The van der Waals surface area contributed by atoms with Crippen molar-refractivity contribution in [3.8, 4) is 11.1 Å². The van der Waals surface area contributed by atoms with Gasteiger partial charge in [0.2, 0.25) is 5.91 Å². The summed E-state index contributed by atoms with van der Waals surface area (Å²) in [7, 11) is 2.00. The van der Waals surface area contributed by atoms with E-state index in [2.05, 4.69) is 29.4 Å². The molecule has 3 N–H and O–H groups in total. The molecule has 8 nitrogen and oxygen atoms in total. The maximum atomic E-state index is 12.5. The van der Waals surface area contributed by atoms with Gasteiger partial charge in [0, 0.05) is 18.5 Å². The van der Waals surface area contributed by atoms with Crippen LogP contribution in [-0.4, -0.2) is 66.8 Å². The monoisotopic (exact) mass is 467 g/mol. The Bertz CT molecular complexity index is 978. The Morgan fingerprint density at radius 3 is 2.18 bits per heavy atom. The van der Waals surface area contributed by atoms with Crippen LogP contribution in [0.15, 0.2) is 48.5 Å². The Hall–Kier alpha value is -3.39. The second-order valence-electron chi connectivity index (χ2n) is 8.84. The Labute approximate surface area is 200 Å². The van der Waals surface area contributed by atoms with Crippen LogP contribution >= 0.6 is 0 Å². The summed E-state index contributed by atoms with van der Waals surface area (Å²) in [5.74, 6) is -1.84. The largest absolute Gasteiger partial charge is 0.481 e. The molecule has 1 aliphatic carbocycles. The molecule has 0 radical (unpaired) electrons. The molecule has 1 atom stereocenters. The second kappa shape index (κ2) is 11.7. The fourth-order valence-corrected chi connectivity index (χ4v) is 4.09. The lowest BCUT2D eigenvalue weighted by atomic mass is 9.98. The number of amides is 2. The molecule has 0 saturated carbocycles. The van der Waals surface area contributed by atoms with Gasteiger partial charge < -0.3 is 25.4 Å². The van der Waals surface area contributed by atoms with Crippen LogP contribution in [0.4, 0.5) is 4.79 Å². The number of benzene rings is 2. The number of carboxylic acid groups (broad SMARTS) is 1. The zero-order valence-electron chi connectivity index (χ0n) is 19.9. The van der Waals surface area contributed by atoms with Crippen molar-refractivity contribution in [1.29, 1.82) is 0 Å². The topological polar surface area (TPSA) is 108 Å². The molecule has 182 valence electrons. The molecule has 2 amide bonds. The van der Waals surface area contributed by atoms with Gasteiger partial charge in [0.05, 0.1) is 6.42 Å². The molecular formula is C26H33N3O5. The Morgan fingerprint density at radius 2 is 1.62 bits per heavy atom. The minimum atomic E-state index is -1.21. The molecule has 34 heavy (non-hydrogen) atoms. The summed E-state index contributed by atoms with van der Waals surface area (Å²) >= 11 is 0. The molecule has 8 heteroatoms. The quantitative estimate of drug-likeness (QED) is 0.438. The van der Waals surface area contributed by atoms with Crippen molar-refractivity contribution in [2.75, 3.05) is 26.7 Å². The molecule has 2 aromatic rings. The number of nitrogens with one attached hydrogen (secondary N) is 2. The lowest BCUT2D eigenvalue weighted by molar-refractivity contribution is -0.139. The van der Waals surface area contributed by atoms with Gasteiger partial charge in [0.1, 0.15) is 12.6 Å². The van der Waals surface area contributed by atoms with Crippen molar-refractivity contribution < 1.29 is 24.2 Å². The van der Waals surface area contributed by atoms with Gasteiger partial charge in [-0.25, -0.2) is 4.79 Å². The lowest BCUT2D eigenvalue weighted by Gasteiger charge is -2.21. The predicted octanol–water partition coefficient (Wildman–Crippen LogP) is 3.21. The van der Waals surface area contributed by atoms with E-state index in [1.54, 1.807) is 0 Å². The third kappa shape index (κ3) is 6.35. The highest BCUT2D eigenvalue weighted by Gasteiger charge is 2.30. The van der Waals surface area contributed by atoms with Crippen LogP contribution in [0.1, 0.15) is 43.7 Å². The minimum absolute atomic E-state index is 0.0861. The molecule has 2 aromatic carbocycles. The van der Waals surface area contributed by atoms with E-state index in [-0.39, 0.29) is 12.5 Å². The van der Waals surface area contributed by atoms with E-state index in [1.807, 2.05) is 55.6 Å². The molecule has 0 bridgehead atoms. The van der Waals surface area contributed by atoms with Crippen molar-refractivity contribution in [2.24, 2.45) is 0 Å². The van der Waals surface area contributed by atoms with Crippen LogP contribution in [0, 0.1) is 0 Å². The second-order valence-corrected chi connectivity index (χ2v) is 8.84. The number of carboxylic acids is 1. The number of carbonyl (C=O) groups is 3. The van der Waals surface area contributed by atoms with E-state index in [4.69, 9.17) is 4.74 Å². The molecule has 1 aliphatic rings. The first-order valence-electron chi connectivity index (χ1n) is 11.6. The first kappa shape index (κ1) is 25.2. The standard InChI is InChI=1S/C26H33N3O5/c1-17(2)29(3)14-8-13-27-25(32)23(15-24(30)31)28-26(33)34-16-22-20-11-6-4-9-18(20)19-10-5-7-12-21(19)22/h4-7,9-12,17,22-23H,8,13-16H2,1-3H3,(H,27,32)(H,28,33)(H,30,31). The highest BCUT2D eigenvalue weighted by Crippen LogP contribution is 2.44. The molecule has 0 saturated heterocycles. The smallest absolute Gasteiger partial charge is 0.407 e. The molecule has 1 unspecified atom stereocenters. The predicted molar refractivity (Wildman–Crippen MR) is 130 cm³/mol. The number of rotatable bonds is 11. The van der Waals surface area contributed by atoms with Crippen molar-refractivity contribution in [3.63, 3.8) is 0 Å². The average Bonchev–Trinajstić information content (AvgIpc) is 3.13. The van der Waals surface area contributed by atoms with Crippen LogP contribution in [-0.2, 0) is 14.3 Å². The van der Waals surface area contributed by atoms with Gasteiger partial charge in [0.15, 0.2) is 0 Å². The van der Waals surface area contributed by atoms with Gasteiger partial charge >= 0.3 is 12.1 Å². The average molecular weight is 468 g/mol. The fourth-order valence-electron chi connectivity index (χ4n) is 4.09. The van der Waals surface area contributed by atoms with E-state index in [9.17, 15) is 19.5 Å². The van der Waals surface area contributed by atoms with E-state index in [0.29, 0.717) is 19.0 Å². The van der Waals surface area contributed by atoms with Gasteiger partial charge in [-0.15, -0.1) is 0 Å². The number of aliphatic carboxylic acids is 1. The van der Waals surface area contributed by atoms with Crippen LogP contribution in [0.25, 0.3) is 11.1 Å². The summed E-state index contributed by atoms with van der Waals surface area (Å²) in [6.45, 7) is 5.43. The summed E-state index contributed by atoms with van der Waals surface area (Å²) < 4.78 is 5.46.